The fraction of sp³-hybridized carbons (Fsp3) is 0.533. The van der Waals surface area contributed by atoms with Crippen LogP contribution in [-0.4, -0.2) is 46.5 Å². The summed E-state index contributed by atoms with van der Waals surface area (Å²) in [5.74, 6) is 0. The number of ether oxygens (including phenoxy) is 1. The molecule has 1 aromatic carbocycles. The maximum absolute atomic E-state index is 12.2. The maximum Gasteiger partial charge on any atom is 0.410 e. The summed E-state index contributed by atoms with van der Waals surface area (Å²) < 4.78 is 5.30. The summed E-state index contributed by atoms with van der Waals surface area (Å²) in [7, 11) is 0. The van der Waals surface area contributed by atoms with Gasteiger partial charge >= 0.3 is 6.09 Å². The number of aliphatic hydroxyl groups is 2. The molecule has 110 valence electrons. The number of rotatable bonds is 4. The van der Waals surface area contributed by atoms with Crippen LogP contribution in [0.2, 0.25) is 0 Å². The largest absolute Gasteiger partial charge is 0.445 e. The molecule has 0 bridgehead atoms. The molecule has 20 heavy (non-hydrogen) atoms. The minimum Gasteiger partial charge on any atom is -0.445 e. The second-order valence-electron chi connectivity index (χ2n) is 5.05. The molecule has 2 atom stereocenters. The molecule has 5 nitrogen and oxygen atoms in total. The Labute approximate surface area is 118 Å². The van der Waals surface area contributed by atoms with Crippen molar-refractivity contribution in [3.8, 4) is 0 Å². The van der Waals surface area contributed by atoms with E-state index >= 15 is 0 Å². The lowest BCUT2D eigenvalue weighted by Crippen LogP contribution is -2.53. The predicted octanol–water partition coefficient (Wildman–Crippen LogP) is 1.53. The van der Waals surface area contributed by atoms with Crippen molar-refractivity contribution in [3.63, 3.8) is 0 Å². The number of likely N-dealkylation sites (tertiary alicyclic amines) is 1. The van der Waals surface area contributed by atoms with Gasteiger partial charge in [-0.1, -0.05) is 30.3 Å². The van der Waals surface area contributed by atoms with Crippen molar-refractivity contribution in [1.82, 2.24) is 4.90 Å². The summed E-state index contributed by atoms with van der Waals surface area (Å²) in [4.78, 5) is 13.7. The van der Waals surface area contributed by atoms with E-state index in [0.29, 0.717) is 0 Å². The average Bonchev–Trinajstić information content (AvgIpc) is 2.52. The van der Waals surface area contributed by atoms with E-state index in [-0.39, 0.29) is 31.9 Å². The van der Waals surface area contributed by atoms with Crippen molar-refractivity contribution in [2.45, 2.75) is 38.0 Å². The van der Waals surface area contributed by atoms with Gasteiger partial charge in [0.2, 0.25) is 0 Å². The zero-order valence-corrected chi connectivity index (χ0v) is 11.4. The third kappa shape index (κ3) is 3.49. The Bertz CT molecular complexity index is 411. The van der Waals surface area contributed by atoms with E-state index in [1.807, 2.05) is 30.3 Å². The molecule has 1 aromatic rings. The van der Waals surface area contributed by atoms with Gasteiger partial charge in [-0.05, 0) is 24.8 Å². The van der Waals surface area contributed by atoms with E-state index < -0.39 is 6.09 Å². The van der Waals surface area contributed by atoms with Crippen LogP contribution in [0.1, 0.15) is 24.8 Å². The fourth-order valence-corrected chi connectivity index (χ4v) is 2.62. The Morgan fingerprint density at radius 1 is 1.15 bits per heavy atom. The normalized spacial score (nSPS) is 22.6. The van der Waals surface area contributed by atoms with Crippen LogP contribution in [-0.2, 0) is 11.3 Å². The number of benzene rings is 1. The van der Waals surface area contributed by atoms with Crippen molar-refractivity contribution < 1.29 is 19.7 Å². The second kappa shape index (κ2) is 7.26. The van der Waals surface area contributed by atoms with Gasteiger partial charge < -0.3 is 14.9 Å². The molecule has 0 radical (unpaired) electrons. The molecule has 5 heteroatoms. The van der Waals surface area contributed by atoms with Gasteiger partial charge in [0.1, 0.15) is 6.61 Å². The highest BCUT2D eigenvalue weighted by atomic mass is 16.6. The van der Waals surface area contributed by atoms with Crippen molar-refractivity contribution in [2.24, 2.45) is 0 Å². The third-order valence-corrected chi connectivity index (χ3v) is 3.70. The van der Waals surface area contributed by atoms with Gasteiger partial charge in [-0.2, -0.15) is 0 Å². The number of hydrogen-bond donors (Lipinski definition) is 2. The van der Waals surface area contributed by atoms with Gasteiger partial charge in [-0.25, -0.2) is 4.79 Å². The molecule has 1 fully saturated rings. The van der Waals surface area contributed by atoms with Crippen LogP contribution in [0.4, 0.5) is 4.79 Å². The summed E-state index contributed by atoms with van der Waals surface area (Å²) in [5.41, 5.74) is 0.916. The smallest absolute Gasteiger partial charge is 0.410 e. The first-order valence-electron chi connectivity index (χ1n) is 6.97. The van der Waals surface area contributed by atoms with Crippen molar-refractivity contribution in [1.29, 1.82) is 0 Å². The second-order valence-corrected chi connectivity index (χ2v) is 5.05. The quantitative estimate of drug-likeness (QED) is 0.877. The fourth-order valence-electron chi connectivity index (χ4n) is 2.62. The maximum atomic E-state index is 12.2. The summed E-state index contributed by atoms with van der Waals surface area (Å²) >= 11 is 0. The molecule has 1 aliphatic rings. The number of aliphatic hydroxyl groups excluding tert-OH is 2. The van der Waals surface area contributed by atoms with E-state index in [1.54, 1.807) is 0 Å². The topological polar surface area (TPSA) is 70.0 Å². The number of nitrogens with zero attached hydrogens (tertiary/aromatic N) is 1. The number of piperidine rings is 1. The zero-order chi connectivity index (χ0) is 14.4. The number of hydrogen-bond acceptors (Lipinski definition) is 4. The van der Waals surface area contributed by atoms with Crippen LogP contribution >= 0.6 is 0 Å². The summed E-state index contributed by atoms with van der Waals surface area (Å²) in [6, 6.07) is 8.93. The standard InChI is InChI=1S/C15H21NO4/c17-9-13-7-4-8-14(10-18)16(13)15(19)20-11-12-5-2-1-3-6-12/h1-3,5-6,13-14,17-18H,4,7-11H2/t13-,14+. The van der Waals surface area contributed by atoms with Crippen LogP contribution in [0.25, 0.3) is 0 Å². The monoisotopic (exact) mass is 279 g/mol. The molecular weight excluding hydrogens is 258 g/mol. The van der Waals surface area contributed by atoms with E-state index in [2.05, 4.69) is 0 Å². The molecule has 0 saturated carbocycles. The first-order valence-corrected chi connectivity index (χ1v) is 6.97. The predicted molar refractivity (Wildman–Crippen MR) is 74.1 cm³/mol. The molecule has 2 rings (SSSR count). The Kier molecular flexibility index (Phi) is 5.38. The Morgan fingerprint density at radius 3 is 2.30 bits per heavy atom. The Hall–Kier alpha value is -1.59. The lowest BCUT2D eigenvalue weighted by molar-refractivity contribution is 0.00665. The molecule has 0 spiro atoms. The minimum atomic E-state index is -0.466. The van der Waals surface area contributed by atoms with Crippen LogP contribution in [0.5, 0.6) is 0 Å². The van der Waals surface area contributed by atoms with E-state index in [1.165, 1.54) is 4.90 Å². The zero-order valence-electron chi connectivity index (χ0n) is 11.4. The average molecular weight is 279 g/mol. The van der Waals surface area contributed by atoms with Crippen LogP contribution in [0, 0.1) is 0 Å². The van der Waals surface area contributed by atoms with Crippen LogP contribution < -0.4 is 0 Å². The lowest BCUT2D eigenvalue weighted by atomic mass is 9.97. The third-order valence-electron chi connectivity index (χ3n) is 3.70. The number of carbonyl (C=O) groups is 1. The SMILES string of the molecule is O=C(OCc1ccccc1)N1[C@H](CO)CCC[C@@H]1CO. The Morgan fingerprint density at radius 2 is 1.75 bits per heavy atom. The van der Waals surface area contributed by atoms with Gasteiger partial charge in [-0.15, -0.1) is 0 Å². The van der Waals surface area contributed by atoms with Crippen LogP contribution in [0.15, 0.2) is 30.3 Å². The molecule has 0 aliphatic carbocycles. The van der Waals surface area contributed by atoms with Crippen molar-refractivity contribution >= 4 is 6.09 Å². The van der Waals surface area contributed by atoms with Crippen molar-refractivity contribution in [2.75, 3.05) is 13.2 Å². The Balaban J connectivity index is 1.97. The van der Waals surface area contributed by atoms with Gasteiger partial charge in [-0.3, -0.25) is 4.90 Å². The highest BCUT2D eigenvalue weighted by Gasteiger charge is 2.34. The van der Waals surface area contributed by atoms with Gasteiger partial charge in [0.25, 0.3) is 0 Å². The first kappa shape index (κ1) is 14.8. The molecule has 0 unspecified atom stereocenters. The minimum absolute atomic E-state index is 0.100. The van der Waals surface area contributed by atoms with Crippen LogP contribution in [0.3, 0.4) is 0 Å². The summed E-state index contributed by atoms with van der Waals surface area (Å²) in [6.07, 6.45) is 1.92. The molecule has 1 amide bonds. The number of amides is 1. The molecular formula is C15H21NO4. The first-order chi connectivity index (χ1) is 9.76. The molecule has 1 heterocycles. The highest BCUT2D eigenvalue weighted by molar-refractivity contribution is 5.68. The van der Waals surface area contributed by atoms with Gasteiger partial charge in [0.05, 0.1) is 25.3 Å². The van der Waals surface area contributed by atoms with E-state index in [4.69, 9.17) is 4.74 Å². The summed E-state index contributed by atoms with van der Waals surface area (Å²) in [5, 5.41) is 18.8. The molecule has 2 N–H and O–H groups in total. The number of carbonyl (C=O) groups excluding carboxylic acids is 1. The molecule has 1 saturated heterocycles. The molecule has 1 aliphatic heterocycles. The van der Waals surface area contributed by atoms with E-state index in [0.717, 1.165) is 24.8 Å². The van der Waals surface area contributed by atoms with E-state index in [9.17, 15) is 15.0 Å². The van der Waals surface area contributed by atoms with Gasteiger partial charge in [0, 0.05) is 0 Å². The van der Waals surface area contributed by atoms with Gasteiger partial charge in [0.15, 0.2) is 0 Å². The van der Waals surface area contributed by atoms with Crippen molar-refractivity contribution in [3.05, 3.63) is 35.9 Å². The molecule has 0 aromatic heterocycles. The lowest BCUT2D eigenvalue weighted by Gasteiger charge is -2.39. The summed E-state index contributed by atoms with van der Waals surface area (Å²) in [6.45, 7) is 0.000342. The highest BCUT2D eigenvalue weighted by Crippen LogP contribution is 2.23.